The highest BCUT2D eigenvalue weighted by Crippen LogP contribution is 2.28. The molecule has 1 aliphatic heterocycles. The zero-order valence-electron chi connectivity index (χ0n) is 10.2. The van der Waals surface area contributed by atoms with Gasteiger partial charge in [-0.3, -0.25) is 0 Å². The van der Waals surface area contributed by atoms with E-state index in [1.54, 1.807) is 7.11 Å². The van der Waals surface area contributed by atoms with E-state index >= 15 is 0 Å². The Hall–Kier alpha value is -1.26. The summed E-state index contributed by atoms with van der Waals surface area (Å²) >= 11 is 0. The van der Waals surface area contributed by atoms with Crippen LogP contribution in [0.25, 0.3) is 0 Å². The Bertz CT molecular complexity index is 368. The smallest absolute Gasteiger partial charge is 0.119 e. The molecule has 0 radical (unpaired) electrons. The first-order valence-corrected chi connectivity index (χ1v) is 6.08. The summed E-state index contributed by atoms with van der Waals surface area (Å²) in [5.41, 5.74) is 2.52. The first-order valence-electron chi connectivity index (χ1n) is 6.08. The van der Waals surface area contributed by atoms with Gasteiger partial charge in [0, 0.05) is 24.8 Å². The molecule has 1 aliphatic rings. The number of methoxy groups -OCH3 is 1. The maximum Gasteiger partial charge on any atom is 0.119 e. The molecule has 0 bridgehead atoms. The van der Waals surface area contributed by atoms with Gasteiger partial charge < -0.3 is 20.5 Å². The van der Waals surface area contributed by atoms with E-state index in [9.17, 15) is 0 Å². The molecule has 1 heterocycles. The van der Waals surface area contributed by atoms with Crippen LogP contribution in [0.2, 0.25) is 0 Å². The van der Waals surface area contributed by atoms with Gasteiger partial charge in [0.1, 0.15) is 5.75 Å². The summed E-state index contributed by atoms with van der Waals surface area (Å²) in [6, 6.07) is 6.60. The van der Waals surface area contributed by atoms with Crippen molar-refractivity contribution in [1.29, 1.82) is 0 Å². The van der Waals surface area contributed by atoms with Crippen molar-refractivity contribution < 1.29 is 9.84 Å². The number of aryl methyl sites for hydroxylation is 1. The second-order valence-electron chi connectivity index (χ2n) is 4.33. The number of hydrogen-bond donors (Lipinski definition) is 3. The van der Waals surface area contributed by atoms with Crippen molar-refractivity contribution in [3.05, 3.63) is 23.8 Å². The SMILES string of the molecule is COc1ccc2c(c1)CCC(CNCCO)N2. The number of rotatable bonds is 5. The van der Waals surface area contributed by atoms with E-state index in [1.807, 2.05) is 6.07 Å². The maximum absolute atomic E-state index is 8.71. The van der Waals surface area contributed by atoms with Gasteiger partial charge >= 0.3 is 0 Å². The monoisotopic (exact) mass is 236 g/mol. The van der Waals surface area contributed by atoms with E-state index in [2.05, 4.69) is 22.8 Å². The fourth-order valence-electron chi connectivity index (χ4n) is 2.17. The van der Waals surface area contributed by atoms with E-state index in [4.69, 9.17) is 9.84 Å². The van der Waals surface area contributed by atoms with Crippen LogP contribution in [0.4, 0.5) is 5.69 Å². The van der Waals surface area contributed by atoms with Gasteiger partial charge in [-0.15, -0.1) is 0 Å². The highest BCUT2D eigenvalue weighted by molar-refractivity contribution is 5.56. The topological polar surface area (TPSA) is 53.5 Å². The Morgan fingerprint density at radius 2 is 2.41 bits per heavy atom. The fourth-order valence-corrected chi connectivity index (χ4v) is 2.17. The van der Waals surface area contributed by atoms with Crippen molar-refractivity contribution in [2.45, 2.75) is 18.9 Å². The molecular weight excluding hydrogens is 216 g/mol. The molecule has 0 saturated heterocycles. The van der Waals surface area contributed by atoms with Gasteiger partial charge in [-0.05, 0) is 36.6 Å². The number of fused-ring (bicyclic) bond motifs is 1. The second-order valence-corrected chi connectivity index (χ2v) is 4.33. The van der Waals surface area contributed by atoms with Crippen LogP contribution in [0.15, 0.2) is 18.2 Å². The molecular formula is C13H20N2O2. The first kappa shape index (κ1) is 12.2. The molecule has 0 spiro atoms. The molecule has 0 aromatic heterocycles. The van der Waals surface area contributed by atoms with Crippen LogP contribution in [-0.4, -0.2) is 38.0 Å². The van der Waals surface area contributed by atoms with Gasteiger partial charge in [0.2, 0.25) is 0 Å². The standard InChI is InChI=1S/C13H20N2O2/c1-17-12-4-5-13-10(8-12)2-3-11(15-13)9-14-6-7-16/h4-5,8,11,14-16H,2-3,6-7,9H2,1H3. The average Bonchev–Trinajstić information content (AvgIpc) is 2.38. The van der Waals surface area contributed by atoms with E-state index in [0.717, 1.165) is 25.1 Å². The lowest BCUT2D eigenvalue weighted by Crippen LogP contribution is -2.36. The number of benzene rings is 1. The first-order chi connectivity index (χ1) is 8.33. The van der Waals surface area contributed by atoms with Crippen LogP contribution in [0.1, 0.15) is 12.0 Å². The van der Waals surface area contributed by atoms with Crippen molar-refractivity contribution in [1.82, 2.24) is 5.32 Å². The van der Waals surface area contributed by atoms with E-state index in [0.29, 0.717) is 12.6 Å². The summed E-state index contributed by atoms with van der Waals surface area (Å²) in [6.07, 6.45) is 2.18. The number of ether oxygens (including phenoxy) is 1. The number of hydrogen-bond acceptors (Lipinski definition) is 4. The van der Waals surface area contributed by atoms with Crippen molar-refractivity contribution in [3.8, 4) is 5.75 Å². The third-order valence-corrected chi connectivity index (χ3v) is 3.11. The Balaban J connectivity index is 1.94. The molecule has 4 heteroatoms. The highest BCUT2D eigenvalue weighted by atomic mass is 16.5. The number of nitrogens with one attached hydrogen (secondary N) is 2. The van der Waals surface area contributed by atoms with Gasteiger partial charge in [-0.25, -0.2) is 0 Å². The van der Waals surface area contributed by atoms with Gasteiger partial charge in [-0.1, -0.05) is 0 Å². The minimum absolute atomic E-state index is 0.195. The lowest BCUT2D eigenvalue weighted by molar-refractivity contribution is 0.291. The van der Waals surface area contributed by atoms with Crippen LogP contribution in [0.3, 0.4) is 0 Å². The quantitative estimate of drug-likeness (QED) is 0.668. The fraction of sp³-hybridized carbons (Fsp3) is 0.538. The van der Waals surface area contributed by atoms with Gasteiger partial charge in [0.25, 0.3) is 0 Å². The molecule has 1 aromatic rings. The molecule has 17 heavy (non-hydrogen) atoms. The highest BCUT2D eigenvalue weighted by Gasteiger charge is 2.17. The van der Waals surface area contributed by atoms with Crippen LogP contribution in [0, 0.1) is 0 Å². The number of aliphatic hydroxyl groups is 1. The third kappa shape index (κ3) is 3.11. The summed E-state index contributed by atoms with van der Waals surface area (Å²) in [4.78, 5) is 0. The zero-order valence-corrected chi connectivity index (χ0v) is 10.2. The second kappa shape index (κ2) is 5.89. The van der Waals surface area contributed by atoms with E-state index in [-0.39, 0.29) is 6.61 Å². The van der Waals surface area contributed by atoms with Gasteiger partial charge in [0.05, 0.1) is 13.7 Å². The summed E-state index contributed by atoms with van der Waals surface area (Å²) in [6.45, 7) is 1.75. The molecule has 0 saturated carbocycles. The van der Waals surface area contributed by atoms with Crippen LogP contribution < -0.4 is 15.4 Å². The predicted octanol–water partition coefficient (Wildman–Crippen LogP) is 1.00. The molecule has 2 rings (SSSR count). The predicted molar refractivity (Wildman–Crippen MR) is 68.7 cm³/mol. The van der Waals surface area contributed by atoms with Crippen molar-refractivity contribution in [3.63, 3.8) is 0 Å². The summed E-state index contributed by atoms with van der Waals surface area (Å²) in [5.74, 6) is 0.919. The summed E-state index contributed by atoms with van der Waals surface area (Å²) in [7, 11) is 1.69. The molecule has 0 amide bonds. The van der Waals surface area contributed by atoms with E-state index in [1.165, 1.54) is 11.3 Å². The molecule has 1 aromatic carbocycles. The third-order valence-electron chi connectivity index (χ3n) is 3.11. The van der Waals surface area contributed by atoms with Gasteiger partial charge in [-0.2, -0.15) is 0 Å². The Morgan fingerprint density at radius 3 is 3.18 bits per heavy atom. The Kier molecular flexibility index (Phi) is 4.23. The number of anilines is 1. The molecule has 4 nitrogen and oxygen atoms in total. The molecule has 94 valence electrons. The van der Waals surface area contributed by atoms with Gasteiger partial charge in [0.15, 0.2) is 0 Å². The average molecular weight is 236 g/mol. The summed E-state index contributed by atoms with van der Waals surface area (Å²) in [5, 5.41) is 15.4. The lowest BCUT2D eigenvalue weighted by atomic mass is 9.98. The van der Waals surface area contributed by atoms with Crippen LogP contribution >= 0.6 is 0 Å². The zero-order chi connectivity index (χ0) is 12.1. The molecule has 3 N–H and O–H groups in total. The largest absolute Gasteiger partial charge is 0.497 e. The molecule has 1 unspecified atom stereocenters. The Labute approximate surface area is 102 Å². The van der Waals surface area contributed by atoms with Crippen LogP contribution in [-0.2, 0) is 6.42 Å². The molecule has 0 aliphatic carbocycles. The van der Waals surface area contributed by atoms with Crippen molar-refractivity contribution in [2.75, 3.05) is 32.1 Å². The number of aliphatic hydroxyl groups excluding tert-OH is 1. The Morgan fingerprint density at radius 1 is 1.53 bits per heavy atom. The molecule has 0 fully saturated rings. The van der Waals surface area contributed by atoms with Crippen molar-refractivity contribution >= 4 is 5.69 Å². The van der Waals surface area contributed by atoms with E-state index < -0.39 is 0 Å². The minimum atomic E-state index is 0.195. The minimum Gasteiger partial charge on any atom is -0.497 e. The maximum atomic E-state index is 8.71. The molecule has 1 atom stereocenters. The lowest BCUT2D eigenvalue weighted by Gasteiger charge is -2.27. The summed E-state index contributed by atoms with van der Waals surface area (Å²) < 4.78 is 5.22. The van der Waals surface area contributed by atoms with Crippen LogP contribution in [0.5, 0.6) is 5.75 Å². The van der Waals surface area contributed by atoms with Crippen molar-refractivity contribution in [2.24, 2.45) is 0 Å². The normalized spacial score (nSPS) is 18.4.